The molecule has 0 fully saturated rings. The molecule has 0 saturated heterocycles. The first kappa shape index (κ1) is 9.59. The summed E-state index contributed by atoms with van der Waals surface area (Å²) in [6, 6.07) is 4.43. The van der Waals surface area contributed by atoms with Gasteiger partial charge < -0.3 is 0 Å². The maximum absolute atomic E-state index is 4.25. The summed E-state index contributed by atoms with van der Waals surface area (Å²) in [6.45, 7) is 6.63. The lowest BCUT2D eigenvalue weighted by molar-refractivity contribution is 1.17. The van der Waals surface area contributed by atoms with Crippen LogP contribution in [0.25, 0.3) is 11.1 Å². The first-order valence-corrected chi connectivity index (χ1v) is 5.71. The van der Waals surface area contributed by atoms with E-state index in [0.717, 1.165) is 6.42 Å². The van der Waals surface area contributed by atoms with Gasteiger partial charge in [0.25, 0.3) is 0 Å². The molecule has 16 heavy (non-hydrogen) atoms. The highest BCUT2D eigenvalue weighted by Crippen LogP contribution is 2.40. The lowest BCUT2D eigenvalue weighted by atomic mass is 9.94. The summed E-state index contributed by atoms with van der Waals surface area (Å²) >= 11 is 0. The summed E-state index contributed by atoms with van der Waals surface area (Å²) in [6.07, 6.45) is 4.96. The van der Waals surface area contributed by atoms with E-state index in [4.69, 9.17) is 0 Å². The van der Waals surface area contributed by atoms with Crippen molar-refractivity contribution in [3.8, 4) is 11.1 Å². The highest BCUT2D eigenvalue weighted by molar-refractivity contribution is 5.80. The van der Waals surface area contributed by atoms with Crippen LogP contribution in [0.1, 0.15) is 27.8 Å². The van der Waals surface area contributed by atoms with Crippen molar-refractivity contribution in [2.24, 2.45) is 0 Å². The molecular formula is C15H15N. The summed E-state index contributed by atoms with van der Waals surface area (Å²) in [5, 5.41) is 0. The van der Waals surface area contributed by atoms with Gasteiger partial charge in [0.2, 0.25) is 0 Å². The fourth-order valence-corrected chi connectivity index (χ4v) is 2.76. The molecule has 1 aliphatic rings. The van der Waals surface area contributed by atoms with Crippen molar-refractivity contribution in [3.63, 3.8) is 0 Å². The Bertz CT molecular complexity index is 582. The van der Waals surface area contributed by atoms with Crippen LogP contribution in [-0.4, -0.2) is 4.98 Å². The normalized spacial score (nSPS) is 12.4. The van der Waals surface area contributed by atoms with Crippen LogP contribution < -0.4 is 0 Å². The first-order chi connectivity index (χ1) is 7.68. The summed E-state index contributed by atoms with van der Waals surface area (Å²) in [5.74, 6) is 0. The third kappa shape index (κ3) is 1.15. The van der Waals surface area contributed by atoms with E-state index in [0.29, 0.717) is 0 Å². The summed E-state index contributed by atoms with van der Waals surface area (Å²) in [5.41, 5.74) is 9.89. The maximum Gasteiger partial charge on any atom is 0.0349 e. The van der Waals surface area contributed by atoms with Crippen LogP contribution in [0.4, 0.5) is 0 Å². The Morgan fingerprint density at radius 1 is 1.12 bits per heavy atom. The van der Waals surface area contributed by atoms with Gasteiger partial charge in [-0.05, 0) is 66.6 Å². The molecule has 80 valence electrons. The molecular weight excluding hydrogens is 194 g/mol. The molecule has 1 heteroatoms. The van der Waals surface area contributed by atoms with Gasteiger partial charge >= 0.3 is 0 Å². The highest BCUT2D eigenvalue weighted by atomic mass is 14.6. The van der Waals surface area contributed by atoms with Gasteiger partial charge in [-0.3, -0.25) is 4.98 Å². The monoisotopic (exact) mass is 209 g/mol. The quantitative estimate of drug-likeness (QED) is 0.551. The largest absolute Gasteiger partial charge is 0.264 e. The third-order valence-electron chi connectivity index (χ3n) is 3.72. The summed E-state index contributed by atoms with van der Waals surface area (Å²) in [7, 11) is 0. The zero-order chi connectivity index (χ0) is 11.3. The van der Waals surface area contributed by atoms with E-state index < -0.39 is 0 Å². The van der Waals surface area contributed by atoms with Crippen molar-refractivity contribution < 1.29 is 0 Å². The Balaban J connectivity index is 2.37. The molecule has 1 nitrogen and oxygen atoms in total. The molecule has 3 rings (SSSR count). The number of rotatable bonds is 0. The molecule has 0 amide bonds. The average Bonchev–Trinajstić information content (AvgIpc) is 2.65. The number of aromatic nitrogens is 1. The number of hydrogen-bond acceptors (Lipinski definition) is 1. The number of hydrogen-bond donors (Lipinski definition) is 0. The second-order valence-electron chi connectivity index (χ2n) is 4.70. The topological polar surface area (TPSA) is 12.9 Å². The van der Waals surface area contributed by atoms with Crippen molar-refractivity contribution in [2.75, 3.05) is 0 Å². The Morgan fingerprint density at radius 3 is 2.75 bits per heavy atom. The van der Waals surface area contributed by atoms with Crippen LogP contribution in [0.15, 0.2) is 24.5 Å². The van der Waals surface area contributed by atoms with Crippen LogP contribution in [0, 0.1) is 20.8 Å². The maximum atomic E-state index is 4.25. The van der Waals surface area contributed by atoms with Gasteiger partial charge in [0.05, 0.1) is 0 Å². The van der Waals surface area contributed by atoms with Crippen molar-refractivity contribution in [2.45, 2.75) is 27.2 Å². The van der Waals surface area contributed by atoms with E-state index in [1.54, 1.807) is 0 Å². The molecule has 1 aliphatic carbocycles. The van der Waals surface area contributed by atoms with Gasteiger partial charge in [0.15, 0.2) is 0 Å². The molecule has 0 radical (unpaired) electrons. The highest BCUT2D eigenvalue weighted by Gasteiger charge is 2.22. The van der Waals surface area contributed by atoms with Crippen LogP contribution in [0.3, 0.4) is 0 Å². The minimum absolute atomic E-state index is 1.07. The number of benzene rings is 1. The molecule has 0 spiro atoms. The number of fused-ring (bicyclic) bond motifs is 3. The smallest absolute Gasteiger partial charge is 0.0349 e. The molecule has 1 aromatic carbocycles. The van der Waals surface area contributed by atoms with Crippen LogP contribution >= 0.6 is 0 Å². The molecule has 0 N–H and O–H groups in total. The molecule has 2 aromatic rings. The summed E-state index contributed by atoms with van der Waals surface area (Å²) < 4.78 is 0. The zero-order valence-corrected chi connectivity index (χ0v) is 9.96. The third-order valence-corrected chi connectivity index (χ3v) is 3.72. The van der Waals surface area contributed by atoms with E-state index in [-0.39, 0.29) is 0 Å². The van der Waals surface area contributed by atoms with Gasteiger partial charge in [-0.15, -0.1) is 0 Å². The molecule has 0 aliphatic heterocycles. The average molecular weight is 209 g/mol. The molecule has 0 unspecified atom stereocenters. The van der Waals surface area contributed by atoms with Gasteiger partial charge in [-0.2, -0.15) is 0 Å². The van der Waals surface area contributed by atoms with Crippen LogP contribution in [0.2, 0.25) is 0 Å². The number of pyridine rings is 1. The lowest BCUT2D eigenvalue weighted by Crippen LogP contribution is -1.93. The molecule has 0 saturated carbocycles. The number of nitrogens with zero attached hydrogens (tertiary/aromatic N) is 1. The molecule has 0 atom stereocenters. The predicted octanol–water partition coefficient (Wildman–Crippen LogP) is 3.58. The second kappa shape index (κ2) is 3.18. The van der Waals surface area contributed by atoms with E-state index in [9.17, 15) is 0 Å². The Morgan fingerprint density at radius 2 is 1.94 bits per heavy atom. The zero-order valence-electron chi connectivity index (χ0n) is 9.96. The lowest BCUT2D eigenvalue weighted by Gasteiger charge is -2.11. The van der Waals surface area contributed by atoms with Crippen LogP contribution in [-0.2, 0) is 6.42 Å². The fraction of sp³-hybridized carbons (Fsp3) is 0.267. The second-order valence-corrected chi connectivity index (χ2v) is 4.70. The fourth-order valence-electron chi connectivity index (χ4n) is 2.76. The molecule has 0 bridgehead atoms. The van der Waals surface area contributed by atoms with Crippen molar-refractivity contribution in [1.82, 2.24) is 4.98 Å². The Kier molecular flexibility index (Phi) is 1.90. The SMILES string of the molecule is Cc1cc(C)c2c(c1C)Cc1ccncc1-2. The molecule has 1 aromatic heterocycles. The molecule has 1 heterocycles. The van der Waals surface area contributed by atoms with Crippen LogP contribution in [0.5, 0.6) is 0 Å². The van der Waals surface area contributed by atoms with Gasteiger partial charge in [0.1, 0.15) is 0 Å². The van der Waals surface area contributed by atoms with E-state index in [1.165, 1.54) is 38.9 Å². The predicted molar refractivity (Wildman–Crippen MR) is 66.7 cm³/mol. The van der Waals surface area contributed by atoms with Crippen molar-refractivity contribution in [3.05, 3.63) is 52.3 Å². The van der Waals surface area contributed by atoms with Gasteiger partial charge in [-0.25, -0.2) is 0 Å². The van der Waals surface area contributed by atoms with E-state index in [2.05, 4.69) is 37.9 Å². The van der Waals surface area contributed by atoms with E-state index in [1.807, 2.05) is 12.4 Å². The van der Waals surface area contributed by atoms with Gasteiger partial charge in [0, 0.05) is 18.0 Å². The minimum Gasteiger partial charge on any atom is -0.264 e. The summed E-state index contributed by atoms with van der Waals surface area (Å²) in [4.78, 5) is 4.25. The Labute approximate surface area is 96.2 Å². The number of aryl methyl sites for hydroxylation is 2. The van der Waals surface area contributed by atoms with Gasteiger partial charge in [-0.1, -0.05) is 6.07 Å². The first-order valence-electron chi connectivity index (χ1n) is 5.71. The standard InChI is InChI=1S/C15H15N/c1-9-6-10(2)15-13(11(9)3)7-12-4-5-16-8-14(12)15/h4-6,8H,7H2,1-3H3. The minimum atomic E-state index is 1.07. The Hall–Kier alpha value is -1.63. The van der Waals surface area contributed by atoms with Crippen molar-refractivity contribution in [1.29, 1.82) is 0 Å². The van der Waals surface area contributed by atoms with Crippen molar-refractivity contribution >= 4 is 0 Å². The van der Waals surface area contributed by atoms with E-state index >= 15 is 0 Å².